The molecule has 0 aliphatic rings. The number of hydrogen-bond donors (Lipinski definition) is 2. The van der Waals surface area contributed by atoms with Crippen LogP contribution in [0.3, 0.4) is 0 Å². The fourth-order valence-electron chi connectivity index (χ4n) is 2.12. The van der Waals surface area contributed by atoms with E-state index in [0.717, 1.165) is 13.1 Å². The van der Waals surface area contributed by atoms with E-state index in [0.29, 0.717) is 5.41 Å². The molecule has 0 atom stereocenters. The largest absolute Gasteiger partial charge is 0.330 e. The van der Waals surface area contributed by atoms with Crippen molar-refractivity contribution < 1.29 is 0 Å². The van der Waals surface area contributed by atoms with Crippen molar-refractivity contribution in [2.75, 3.05) is 19.6 Å². The maximum absolute atomic E-state index is 5.47. The van der Waals surface area contributed by atoms with Crippen molar-refractivity contribution in [3.8, 4) is 0 Å². The molecule has 0 saturated heterocycles. The number of nitrogens with two attached hydrogens (primary N) is 1. The van der Waals surface area contributed by atoms with E-state index in [1.807, 2.05) is 0 Å². The van der Waals surface area contributed by atoms with Crippen LogP contribution in [0.25, 0.3) is 0 Å². The van der Waals surface area contributed by atoms with Gasteiger partial charge in [0.05, 0.1) is 0 Å². The van der Waals surface area contributed by atoms with Crippen molar-refractivity contribution in [2.45, 2.75) is 72.1 Å². The molecule has 0 saturated carbocycles. The predicted molar refractivity (Wildman–Crippen MR) is 78.3 cm³/mol. The highest BCUT2D eigenvalue weighted by atomic mass is 14.9. The van der Waals surface area contributed by atoms with Crippen LogP contribution in [-0.2, 0) is 0 Å². The van der Waals surface area contributed by atoms with Crippen molar-refractivity contribution in [2.24, 2.45) is 11.1 Å². The molecule has 104 valence electrons. The van der Waals surface area contributed by atoms with Gasteiger partial charge in [-0.15, -0.1) is 0 Å². The molecule has 2 heteroatoms. The van der Waals surface area contributed by atoms with Crippen molar-refractivity contribution in [1.82, 2.24) is 5.32 Å². The second-order valence-corrected chi connectivity index (χ2v) is 6.00. The van der Waals surface area contributed by atoms with Crippen molar-refractivity contribution in [1.29, 1.82) is 0 Å². The molecule has 2 nitrogen and oxygen atoms in total. The Balaban J connectivity index is 3.32. The van der Waals surface area contributed by atoms with Crippen molar-refractivity contribution in [3.63, 3.8) is 0 Å². The third-order valence-electron chi connectivity index (χ3n) is 3.37. The van der Waals surface area contributed by atoms with Gasteiger partial charge in [0.1, 0.15) is 0 Å². The maximum atomic E-state index is 5.47. The van der Waals surface area contributed by atoms with Gasteiger partial charge in [-0.05, 0) is 37.8 Å². The van der Waals surface area contributed by atoms with E-state index in [9.17, 15) is 0 Å². The summed E-state index contributed by atoms with van der Waals surface area (Å²) in [6, 6.07) is 0. The summed E-state index contributed by atoms with van der Waals surface area (Å²) in [5.74, 6) is 0. The second-order valence-electron chi connectivity index (χ2n) is 6.00. The number of hydrogen-bond acceptors (Lipinski definition) is 2. The zero-order valence-corrected chi connectivity index (χ0v) is 12.4. The summed E-state index contributed by atoms with van der Waals surface area (Å²) in [7, 11) is 0. The third-order valence-corrected chi connectivity index (χ3v) is 3.37. The lowest BCUT2D eigenvalue weighted by molar-refractivity contribution is 0.302. The quantitative estimate of drug-likeness (QED) is 0.512. The molecular formula is C15H34N2. The van der Waals surface area contributed by atoms with Gasteiger partial charge in [-0.2, -0.15) is 0 Å². The van der Waals surface area contributed by atoms with E-state index in [1.54, 1.807) is 0 Å². The molecule has 0 amide bonds. The SMILES string of the molecule is CCCCCC(C)(C)CNCCCCCCN. The first-order chi connectivity index (χ1) is 8.12. The minimum absolute atomic E-state index is 0.465. The molecule has 0 radical (unpaired) electrons. The lowest BCUT2D eigenvalue weighted by Gasteiger charge is -2.25. The van der Waals surface area contributed by atoms with Gasteiger partial charge in [-0.1, -0.05) is 52.9 Å². The molecule has 0 fully saturated rings. The van der Waals surface area contributed by atoms with Crippen molar-refractivity contribution >= 4 is 0 Å². The molecule has 17 heavy (non-hydrogen) atoms. The first-order valence-electron chi connectivity index (χ1n) is 7.53. The third kappa shape index (κ3) is 12.2. The molecule has 0 unspecified atom stereocenters. The Kier molecular flexibility index (Phi) is 11.0. The number of rotatable bonds is 12. The molecule has 0 spiro atoms. The van der Waals surface area contributed by atoms with Crippen LogP contribution in [0.2, 0.25) is 0 Å². The summed E-state index contributed by atoms with van der Waals surface area (Å²) in [6.45, 7) is 10.2. The van der Waals surface area contributed by atoms with Gasteiger partial charge >= 0.3 is 0 Å². The van der Waals surface area contributed by atoms with Crippen LogP contribution in [0, 0.1) is 5.41 Å². The van der Waals surface area contributed by atoms with Crippen LogP contribution >= 0.6 is 0 Å². The molecule has 0 aromatic rings. The monoisotopic (exact) mass is 242 g/mol. The molecule has 0 aliphatic carbocycles. The summed E-state index contributed by atoms with van der Waals surface area (Å²) < 4.78 is 0. The van der Waals surface area contributed by atoms with E-state index in [-0.39, 0.29) is 0 Å². The van der Waals surface area contributed by atoms with E-state index in [2.05, 4.69) is 26.1 Å². The first-order valence-corrected chi connectivity index (χ1v) is 7.53. The van der Waals surface area contributed by atoms with E-state index >= 15 is 0 Å². The van der Waals surface area contributed by atoms with Gasteiger partial charge in [0.2, 0.25) is 0 Å². The molecule has 0 aromatic heterocycles. The molecule has 0 aromatic carbocycles. The standard InChI is InChI=1S/C15H34N2/c1-4-5-8-11-15(2,3)14-17-13-10-7-6-9-12-16/h17H,4-14,16H2,1-3H3. The zero-order chi connectivity index (χ0) is 13.0. The van der Waals surface area contributed by atoms with Crippen LogP contribution in [0.5, 0.6) is 0 Å². The molecule has 0 rings (SSSR count). The maximum Gasteiger partial charge on any atom is 0.000252 e. The van der Waals surface area contributed by atoms with Gasteiger partial charge in [0, 0.05) is 6.54 Å². The van der Waals surface area contributed by atoms with E-state index in [1.165, 1.54) is 57.9 Å². The number of unbranched alkanes of at least 4 members (excludes halogenated alkanes) is 5. The van der Waals surface area contributed by atoms with Gasteiger partial charge in [-0.25, -0.2) is 0 Å². The van der Waals surface area contributed by atoms with Crippen LogP contribution in [0.15, 0.2) is 0 Å². The Hall–Kier alpha value is -0.0800. The van der Waals surface area contributed by atoms with Gasteiger partial charge in [0.15, 0.2) is 0 Å². The Morgan fingerprint density at radius 2 is 1.65 bits per heavy atom. The van der Waals surface area contributed by atoms with Gasteiger partial charge < -0.3 is 11.1 Å². The van der Waals surface area contributed by atoms with Crippen LogP contribution in [0.4, 0.5) is 0 Å². The lowest BCUT2D eigenvalue weighted by atomic mass is 9.87. The molecule has 0 aliphatic heterocycles. The van der Waals surface area contributed by atoms with Crippen LogP contribution < -0.4 is 11.1 Å². The second kappa shape index (κ2) is 11.0. The normalized spacial score (nSPS) is 12.0. The fourth-order valence-corrected chi connectivity index (χ4v) is 2.12. The van der Waals surface area contributed by atoms with Crippen LogP contribution in [0.1, 0.15) is 72.1 Å². The Labute approximate surface area is 109 Å². The Morgan fingerprint density at radius 3 is 2.29 bits per heavy atom. The average molecular weight is 242 g/mol. The highest BCUT2D eigenvalue weighted by Crippen LogP contribution is 2.22. The molecule has 3 N–H and O–H groups in total. The molecule has 0 bridgehead atoms. The van der Waals surface area contributed by atoms with E-state index < -0.39 is 0 Å². The molecule has 0 heterocycles. The first kappa shape index (κ1) is 16.9. The summed E-state index contributed by atoms with van der Waals surface area (Å²) in [6.07, 6.45) is 10.5. The minimum atomic E-state index is 0.465. The highest BCUT2D eigenvalue weighted by Gasteiger charge is 2.16. The predicted octanol–water partition coefficient (Wildman–Crippen LogP) is 3.70. The summed E-state index contributed by atoms with van der Waals surface area (Å²) in [4.78, 5) is 0. The van der Waals surface area contributed by atoms with E-state index in [4.69, 9.17) is 5.73 Å². The summed E-state index contributed by atoms with van der Waals surface area (Å²) >= 11 is 0. The Morgan fingerprint density at radius 1 is 0.941 bits per heavy atom. The topological polar surface area (TPSA) is 38.0 Å². The Bertz CT molecular complexity index is 155. The van der Waals surface area contributed by atoms with Crippen molar-refractivity contribution in [3.05, 3.63) is 0 Å². The lowest BCUT2D eigenvalue weighted by Crippen LogP contribution is -2.30. The van der Waals surface area contributed by atoms with Crippen LogP contribution in [-0.4, -0.2) is 19.6 Å². The highest BCUT2D eigenvalue weighted by molar-refractivity contribution is 4.71. The fraction of sp³-hybridized carbons (Fsp3) is 1.00. The summed E-state index contributed by atoms with van der Waals surface area (Å²) in [5.41, 5.74) is 5.93. The summed E-state index contributed by atoms with van der Waals surface area (Å²) in [5, 5.41) is 3.60. The van der Waals surface area contributed by atoms with Gasteiger partial charge in [0.25, 0.3) is 0 Å². The minimum Gasteiger partial charge on any atom is -0.330 e. The number of nitrogens with one attached hydrogen (secondary N) is 1. The zero-order valence-electron chi connectivity index (χ0n) is 12.4. The smallest absolute Gasteiger partial charge is 0.000252 e. The average Bonchev–Trinajstić information content (AvgIpc) is 2.28. The van der Waals surface area contributed by atoms with Gasteiger partial charge in [-0.3, -0.25) is 0 Å². The molecular weight excluding hydrogens is 208 g/mol.